The van der Waals surface area contributed by atoms with Gasteiger partial charge in [-0.2, -0.15) is 4.31 Å². The van der Waals surface area contributed by atoms with Crippen molar-refractivity contribution in [3.05, 3.63) is 53.1 Å². The summed E-state index contributed by atoms with van der Waals surface area (Å²) in [5.41, 5.74) is 2.00. The molecule has 0 aromatic heterocycles. The standard InChI is InChI=1S/C22H28ClN3O3S/c1-3-26(4-2)30(28,29)19-11-8-17(9-12-19)22(27)24-20-16-18(23)10-13-21(20)25-14-6-5-7-15-25/h8-13,16H,3-7,14-15H2,1-2H3,(H,24,27). The van der Waals surface area contributed by atoms with Crippen LogP contribution in [-0.4, -0.2) is 44.8 Å². The molecular formula is C22H28ClN3O3S. The molecule has 1 amide bonds. The van der Waals surface area contributed by atoms with E-state index in [1.807, 2.05) is 12.1 Å². The number of hydrogen-bond acceptors (Lipinski definition) is 4. The number of hydrogen-bond donors (Lipinski definition) is 1. The predicted octanol–water partition coefficient (Wildman–Crippen LogP) is 4.61. The van der Waals surface area contributed by atoms with Gasteiger partial charge in [0.05, 0.1) is 16.3 Å². The van der Waals surface area contributed by atoms with Crippen molar-refractivity contribution in [2.75, 3.05) is 36.4 Å². The Labute approximate surface area is 183 Å². The second-order valence-electron chi connectivity index (χ2n) is 7.28. The zero-order chi connectivity index (χ0) is 21.7. The van der Waals surface area contributed by atoms with Crippen LogP contribution in [-0.2, 0) is 10.0 Å². The molecule has 8 heteroatoms. The monoisotopic (exact) mass is 449 g/mol. The molecule has 2 aromatic rings. The molecule has 0 aliphatic carbocycles. The summed E-state index contributed by atoms with van der Waals surface area (Å²) in [7, 11) is -3.55. The van der Waals surface area contributed by atoms with Crippen LogP contribution in [0.1, 0.15) is 43.5 Å². The molecule has 1 N–H and O–H groups in total. The number of carbonyl (C=O) groups is 1. The molecule has 1 aliphatic heterocycles. The summed E-state index contributed by atoms with van der Waals surface area (Å²) in [6.07, 6.45) is 3.46. The molecule has 30 heavy (non-hydrogen) atoms. The van der Waals surface area contributed by atoms with Crippen LogP contribution in [0.5, 0.6) is 0 Å². The molecule has 1 saturated heterocycles. The maximum absolute atomic E-state index is 12.8. The average Bonchev–Trinajstić information content (AvgIpc) is 2.75. The lowest BCUT2D eigenvalue weighted by Crippen LogP contribution is -2.30. The molecule has 0 unspecified atom stereocenters. The zero-order valence-corrected chi connectivity index (χ0v) is 19.0. The molecular weight excluding hydrogens is 422 g/mol. The van der Waals surface area contributed by atoms with Gasteiger partial charge in [0.25, 0.3) is 5.91 Å². The van der Waals surface area contributed by atoms with Crippen LogP contribution in [0, 0.1) is 0 Å². The van der Waals surface area contributed by atoms with E-state index in [-0.39, 0.29) is 10.8 Å². The Balaban J connectivity index is 1.81. The Hall–Kier alpha value is -2.09. The third kappa shape index (κ3) is 4.96. The van der Waals surface area contributed by atoms with E-state index in [0.29, 0.717) is 29.4 Å². The number of carbonyl (C=O) groups excluding carboxylic acids is 1. The highest BCUT2D eigenvalue weighted by Gasteiger charge is 2.22. The Morgan fingerprint density at radius 1 is 1.03 bits per heavy atom. The molecule has 0 saturated carbocycles. The lowest BCUT2D eigenvalue weighted by Gasteiger charge is -2.30. The van der Waals surface area contributed by atoms with Crippen LogP contribution in [0.2, 0.25) is 5.02 Å². The first-order chi connectivity index (χ1) is 14.4. The van der Waals surface area contributed by atoms with E-state index in [4.69, 9.17) is 11.6 Å². The van der Waals surface area contributed by atoms with E-state index < -0.39 is 10.0 Å². The van der Waals surface area contributed by atoms with E-state index >= 15 is 0 Å². The van der Waals surface area contributed by atoms with Gasteiger partial charge in [0.15, 0.2) is 0 Å². The van der Waals surface area contributed by atoms with Crippen LogP contribution in [0.15, 0.2) is 47.4 Å². The van der Waals surface area contributed by atoms with Crippen LogP contribution >= 0.6 is 11.6 Å². The maximum Gasteiger partial charge on any atom is 0.255 e. The minimum atomic E-state index is -3.55. The van der Waals surface area contributed by atoms with Gasteiger partial charge in [-0.3, -0.25) is 4.79 Å². The van der Waals surface area contributed by atoms with Gasteiger partial charge in [0.2, 0.25) is 10.0 Å². The molecule has 0 spiro atoms. The van der Waals surface area contributed by atoms with Gasteiger partial charge in [-0.1, -0.05) is 25.4 Å². The van der Waals surface area contributed by atoms with Crippen molar-refractivity contribution in [2.24, 2.45) is 0 Å². The van der Waals surface area contributed by atoms with Crippen molar-refractivity contribution in [3.63, 3.8) is 0 Å². The maximum atomic E-state index is 12.8. The molecule has 1 aliphatic rings. The molecule has 3 rings (SSSR count). The molecule has 1 fully saturated rings. The van der Waals surface area contributed by atoms with Gasteiger partial charge < -0.3 is 10.2 Å². The third-order valence-corrected chi connectivity index (χ3v) is 7.66. The molecule has 1 heterocycles. The molecule has 6 nitrogen and oxygen atoms in total. The molecule has 0 atom stereocenters. The fourth-order valence-electron chi connectivity index (χ4n) is 3.70. The summed E-state index contributed by atoms with van der Waals surface area (Å²) in [5.74, 6) is -0.303. The quantitative estimate of drug-likeness (QED) is 0.669. The number of piperidine rings is 1. The van der Waals surface area contributed by atoms with Gasteiger partial charge in [0, 0.05) is 36.8 Å². The zero-order valence-electron chi connectivity index (χ0n) is 17.4. The molecule has 2 aromatic carbocycles. The normalized spacial score (nSPS) is 14.7. The van der Waals surface area contributed by atoms with Gasteiger partial charge in [0.1, 0.15) is 0 Å². The van der Waals surface area contributed by atoms with E-state index in [1.165, 1.54) is 35.0 Å². The van der Waals surface area contributed by atoms with Crippen LogP contribution in [0.4, 0.5) is 11.4 Å². The van der Waals surface area contributed by atoms with Crippen molar-refractivity contribution in [2.45, 2.75) is 38.0 Å². The lowest BCUT2D eigenvalue weighted by atomic mass is 10.1. The number of amides is 1. The van der Waals surface area contributed by atoms with Crippen LogP contribution < -0.4 is 10.2 Å². The van der Waals surface area contributed by atoms with E-state index in [2.05, 4.69) is 10.2 Å². The minimum absolute atomic E-state index is 0.180. The van der Waals surface area contributed by atoms with E-state index in [1.54, 1.807) is 19.9 Å². The topological polar surface area (TPSA) is 69.7 Å². The fourth-order valence-corrected chi connectivity index (χ4v) is 5.33. The number of anilines is 2. The average molecular weight is 450 g/mol. The van der Waals surface area contributed by atoms with Crippen molar-refractivity contribution in [1.29, 1.82) is 0 Å². The Bertz CT molecular complexity index is 983. The van der Waals surface area contributed by atoms with Crippen LogP contribution in [0.25, 0.3) is 0 Å². The number of nitrogens with zero attached hydrogens (tertiary/aromatic N) is 2. The number of nitrogens with one attached hydrogen (secondary N) is 1. The highest BCUT2D eigenvalue weighted by atomic mass is 35.5. The van der Waals surface area contributed by atoms with Crippen molar-refractivity contribution >= 4 is 38.9 Å². The first kappa shape index (κ1) is 22.6. The second kappa shape index (κ2) is 9.81. The highest BCUT2D eigenvalue weighted by molar-refractivity contribution is 7.89. The number of sulfonamides is 1. The highest BCUT2D eigenvalue weighted by Crippen LogP contribution is 2.31. The molecule has 0 radical (unpaired) electrons. The number of rotatable bonds is 7. The summed E-state index contributed by atoms with van der Waals surface area (Å²) in [5, 5.41) is 3.49. The molecule has 0 bridgehead atoms. The summed E-state index contributed by atoms with van der Waals surface area (Å²) in [6, 6.07) is 11.5. The second-order valence-corrected chi connectivity index (χ2v) is 9.65. The SMILES string of the molecule is CCN(CC)S(=O)(=O)c1ccc(C(=O)Nc2cc(Cl)ccc2N2CCCCC2)cc1. The Morgan fingerprint density at radius 2 is 1.67 bits per heavy atom. The Kier molecular flexibility index (Phi) is 7.39. The van der Waals surface area contributed by atoms with Crippen molar-refractivity contribution in [1.82, 2.24) is 4.31 Å². The van der Waals surface area contributed by atoms with Gasteiger partial charge in [-0.25, -0.2) is 8.42 Å². The lowest BCUT2D eigenvalue weighted by molar-refractivity contribution is 0.102. The minimum Gasteiger partial charge on any atom is -0.370 e. The molecule has 162 valence electrons. The third-order valence-electron chi connectivity index (χ3n) is 5.36. The van der Waals surface area contributed by atoms with Gasteiger partial charge in [-0.05, 0) is 61.7 Å². The fraction of sp³-hybridized carbons (Fsp3) is 0.409. The summed E-state index contributed by atoms with van der Waals surface area (Å²) in [4.78, 5) is 15.3. The van der Waals surface area contributed by atoms with E-state index in [0.717, 1.165) is 31.6 Å². The van der Waals surface area contributed by atoms with Gasteiger partial charge in [-0.15, -0.1) is 0 Å². The van der Waals surface area contributed by atoms with Crippen molar-refractivity contribution < 1.29 is 13.2 Å². The van der Waals surface area contributed by atoms with Crippen LogP contribution in [0.3, 0.4) is 0 Å². The summed E-state index contributed by atoms with van der Waals surface area (Å²) < 4.78 is 26.6. The summed E-state index contributed by atoms with van der Waals surface area (Å²) in [6.45, 7) is 6.29. The van der Waals surface area contributed by atoms with E-state index in [9.17, 15) is 13.2 Å². The first-order valence-corrected chi connectivity index (χ1v) is 12.1. The number of halogens is 1. The smallest absolute Gasteiger partial charge is 0.255 e. The predicted molar refractivity (Wildman–Crippen MR) is 122 cm³/mol. The van der Waals surface area contributed by atoms with Gasteiger partial charge >= 0.3 is 0 Å². The first-order valence-electron chi connectivity index (χ1n) is 10.3. The van der Waals surface area contributed by atoms with Crippen molar-refractivity contribution in [3.8, 4) is 0 Å². The summed E-state index contributed by atoms with van der Waals surface area (Å²) >= 11 is 6.17. The Morgan fingerprint density at radius 3 is 2.27 bits per heavy atom. The number of benzene rings is 2. The largest absolute Gasteiger partial charge is 0.370 e.